The van der Waals surface area contributed by atoms with Gasteiger partial charge in [-0.15, -0.1) is 0 Å². The molecule has 3 aromatic rings. The second-order valence-corrected chi connectivity index (χ2v) is 7.10. The number of carbonyl (C=O) groups excluding carboxylic acids is 1. The number of aromatic nitrogens is 1. The summed E-state index contributed by atoms with van der Waals surface area (Å²) in [5.41, 5.74) is 1.01. The van der Waals surface area contributed by atoms with Gasteiger partial charge in [-0.05, 0) is 56.4 Å². The SMILES string of the molecule is CCN(CC)CCCNC(=O)c1cn(-c2ccc(OC)cc2)c(=O)c2ccccc12. The summed E-state index contributed by atoms with van der Waals surface area (Å²) in [6.07, 6.45) is 2.51. The highest BCUT2D eigenvalue weighted by atomic mass is 16.5. The number of nitrogens with zero attached hydrogens (tertiary/aromatic N) is 2. The monoisotopic (exact) mass is 407 g/mol. The third kappa shape index (κ3) is 4.71. The number of hydrogen-bond acceptors (Lipinski definition) is 4. The molecule has 0 bridgehead atoms. The van der Waals surface area contributed by atoms with Crippen molar-refractivity contribution in [3.05, 3.63) is 70.6 Å². The molecule has 0 fully saturated rings. The van der Waals surface area contributed by atoms with E-state index in [9.17, 15) is 9.59 Å². The lowest BCUT2D eigenvalue weighted by Gasteiger charge is -2.18. The van der Waals surface area contributed by atoms with Gasteiger partial charge in [-0.2, -0.15) is 0 Å². The standard InChI is InChI=1S/C24H29N3O3/c1-4-26(5-2)16-8-15-25-23(28)22-17-27(18-11-13-19(30-3)14-12-18)24(29)21-10-7-6-9-20(21)22/h6-7,9-14,17H,4-5,8,15-16H2,1-3H3,(H,25,28). The van der Waals surface area contributed by atoms with E-state index in [2.05, 4.69) is 24.1 Å². The van der Waals surface area contributed by atoms with Gasteiger partial charge >= 0.3 is 0 Å². The molecule has 2 aromatic carbocycles. The van der Waals surface area contributed by atoms with E-state index < -0.39 is 0 Å². The minimum Gasteiger partial charge on any atom is -0.497 e. The highest BCUT2D eigenvalue weighted by molar-refractivity contribution is 6.06. The van der Waals surface area contributed by atoms with Gasteiger partial charge < -0.3 is 15.0 Å². The van der Waals surface area contributed by atoms with Gasteiger partial charge in [0.05, 0.1) is 12.7 Å². The van der Waals surface area contributed by atoms with Crippen molar-refractivity contribution in [3.63, 3.8) is 0 Å². The van der Waals surface area contributed by atoms with Crippen molar-refractivity contribution >= 4 is 16.7 Å². The molecular formula is C24H29N3O3. The van der Waals surface area contributed by atoms with Gasteiger partial charge in [0.15, 0.2) is 0 Å². The van der Waals surface area contributed by atoms with Crippen LogP contribution in [0, 0.1) is 0 Å². The Bertz CT molecular complexity index is 1050. The lowest BCUT2D eigenvalue weighted by Crippen LogP contribution is -2.31. The van der Waals surface area contributed by atoms with E-state index in [-0.39, 0.29) is 11.5 Å². The Kier molecular flexibility index (Phi) is 7.25. The molecule has 3 rings (SSSR count). The van der Waals surface area contributed by atoms with E-state index in [1.807, 2.05) is 18.2 Å². The average Bonchev–Trinajstić information content (AvgIpc) is 2.79. The smallest absolute Gasteiger partial charge is 0.262 e. The Labute approximate surface area is 177 Å². The number of benzene rings is 2. The Hall–Kier alpha value is -3.12. The van der Waals surface area contributed by atoms with E-state index >= 15 is 0 Å². The summed E-state index contributed by atoms with van der Waals surface area (Å²) in [4.78, 5) is 28.4. The molecule has 30 heavy (non-hydrogen) atoms. The predicted octanol–water partition coefficient (Wildman–Crippen LogP) is 3.46. The zero-order valence-electron chi connectivity index (χ0n) is 17.9. The lowest BCUT2D eigenvalue weighted by molar-refractivity contribution is 0.0953. The molecule has 1 aromatic heterocycles. The summed E-state index contributed by atoms with van der Waals surface area (Å²) < 4.78 is 6.72. The summed E-state index contributed by atoms with van der Waals surface area (Å²) in [6, 6.07) is 14.4. The van der Waals surface area contributed by atoms with E-state index in [1.54, 1.807) is 43.6 Å². The number of carbonyl (C=O) groups is 1. The lowest BCUT2D eigenvalue weighted by atomic mass is 10.1. The van der Waals surface area contributed by atoms with Crippen LogP contribution in [-0.2, 0) is 0 Å². The molecule has 158 valence electrons. The first-order chi connectivity index (χ1) is 14.6. The molecule has 0 saturated carbocycles. The fourth-order valence-corrected chi connectivity index (χ4v) is 3.55. The van der Waals surface area contributed by atoms with E-state index in [4.69, 9.17) is 4.74 Å². The van der Waals surface area contributed by atoms with Crippen LogP contribution in [0.1, 0.15) is 30.6 Å². The molecule has 1 heterocycles. The quantitative estimate of drug-likeness (QED) is 0.552. The third-order valence-corrected chi connectivity index (χ3v) is 5.35. The third-order valence-electron chi connectivity index (χ3n) is 5.35. The molecule has 0 atom stereocenters. The largest absolute Gasteiger partial charge is 0.497 e. The molecule has 0 aliphatic carbocycles. The second kappa shape index (κ2) is 10.1. The van der Waals surface area contributed by atoms with Crippen molar-refractivity contribution in [2.45, 2.75) is 20.3 Å². The number of nitrogens with one attached hydrogen (secondary N) is 1. The summed E-state index contributed by atoms with van der Waals surface area (Å²) in [5.74, 6) is 0.534. The highest BCUT2D eigenvalue weighted by Gasteiger charge is 2.15. The fraction of sp³-hybridized carbons (Fsp3) is 0.333. The van der Waals surface area contributed by atoms with Crippen molar-refractivity contribution < 1.29 is 9.53 Å². The van der Waals surface area contributed by atoms with Gasteiger partial charge in [-0.3, -0.25) is 14.2 Å². The van der Waals surface area contributed by atoms with Gasteiger partial charge in [-0.1, -0.05) is 32.0 Å². The zero-order valence-corrected chi connectivity index (χ0v) is 17.9. The van der Waals surface area contributed by atoms with Crippen LogP contribution in [0.2, 0.25) is 0 Å². The van der Waals surface area contributed by atoms with Crippen LogP contribution in [0.3, 0.4) is 0 Å². The maximum atomic E-state index is 13.1. The van der Waals surface area contributed by atoms with Crippen molar-refractivity contribution in [1.82, 2.24) is 14.8 Å². The van der Waals surface area contributed by atoms with Gasteiger partial charge in [-0.25, -0.2) is 0 Å². The Morgan fingerprint density at radius 3 is 2.33 bits per heavy atom. The molecule has 6 heteroatoms. The first-order valence-electron chi connectivity index (χ1n) is 10.4. The molecule has 0 spiro atoms. The van der Waals surface area contributed by atoms with Crippen LogP contribution in [-0.4, -0.2) is 48.7 Å². The van der Waals surface area contributed by atoms with Gasteiger partial charge in [0, 0.05) is 29.2 Å². The normalized spacial score (nSPS) is 11.1. The van der Waals surface area contributed by atoms with E-state index in [1.165, 1.54) is 4.57 Å². The van der Waals surface area contributed by atoms with Gasteiger partial charge in [0.1, 0.15) is 5.75 Å². The van der Waals surface area contributed by atoms with Gasteiger partial charge in [0.25, 0.3) is 11.5 Å². The number of amides is 1. The van der Waals surface area contributed by atoms with Crippen LogP contribution in [0.4, 0.5) is 0 Å². The maximum absolute atomic E-state index is 13.1. The second-order valence-electron chi connectivity index (χ2n) is 7.10. The molecule has 1 N–H and O–H groups in total. The van der Waals surface area contributed by atoms with Crippen LogP contribution in [0.25, 0.3) is 16.5 Å². The summed E-state index contributed by atoms with van der Waals surface area (Å²) in [5, 5.41) is 4.19. The molecule has 0 unspecified atom stereocenters. The minimum absolute atomic E-state index is 0.158. The molecule has 1 amide bonds. The topological polar surface area (TPSA) is 63.6 Å². The molecule has 0 radical (unpaired) electrons. The number of hydrogen-bond donors (Lipinski definition) is 1. The predicted molar refractivity (Wildman–Crippen MR) is 121 cm³/mol. The fourth-order valence-electron chi connectivity index (χ4n) is 3.55. The van der Waals surface area contributed by atoms with Crippen LogP contribution in [0.5, 0.6) is 5.75 Å². The first kappa shape index (κ1) is 21.6. The molecule has 0 aliphatic rings. The number of fused-ring (bicyclic) bond motifs is 1. The molecular weight excluding hydrogens is 378 g/mol. The molecule has 0 aliphatic heterocycles. The van der Waals surface area contributed by atoms with E-state index in [0.717, 1.165) is 26.1 Å². The molecule has 6 nitrogen and oxygen atoms in total. The van der Waals surface area contributed by atoms with Crippen LogP contribution < -0.4 is 15.6 Å². The summed E-state index contributed by atoms with van der Waals surface area (Å²) >= 11 is 0. The zero-order chi connectivity index (χ0) is 21.5. The maximum Gasteiger partial charge on any atom is 0.262 e. The number of pyridine rings is 1. The van der Waals surface area contributed by atoms with Crippen molar-refractivity contribution in [2.75, 3.05) is 33.3 Å². The Morgan fingerprint density at radius 2 is 1.70 bits per heavy atom. The average molecular weight is 408 g/mol. The van der Waals surface area contributed by atoms with Gasteiger partial charge in [0.2, 0.25) is 0 Å². The van der Waals surface area contributed by atoms with Crippen molar-refractivity contribution in [2.24, 2.45) is 0 Å². The number of methoxy groups -OCH3 is 1. The van der Waals surface area contributed by atoms with Crippen molar-refractivity contribution in [3.8, 4) is 11.4 Å². The first-order valence-corrected chi connectivity index (χ1v) is 10.4. The number of rotatable bonds is 9. The molecule has 0 saturated heterocycles. The number of ether oxygens (including phenoxy) is 1. The highest BCUT2D eigenvalue weighted by Crippen LogP contribution is 2.19. The van der Waals surface area contributed by atoms with E-state index in [0.29, 0.717) is 34.3 Å². The Morgan fingerprint density at radius 1 is 1.03 bits per heavy atom. The van der Waals surface area contributed by atoms with Crippen LogP contribution in [0.15, 0.2) is 59.5 Å². The minimum atomic E-state index is -0.173. The summed E-state index contributed by atoms with van der Waals surface area (Å²) in [6.45, 7) is 7.81. The van der Waals surface area contributed by atoms with Crippen molar-refractivity contribution in [1.29, 1.82) is 0 Å². The summed E-state index contributed by atoms with van der Waals surface area (Å²) in [7, 11) is 1.60. The Balaban J connectivity index is 1.90. The van der Waals surface area contributed by atoms with Crippen LogP contribution >= 0.6 is 0 Å².